The second-order valence-corrected chi connectivity index (χ2v) is 4.38. The molecule has 2 amide bonds. The summed E-state index contributed by atoms with van der Waals surface area (Å²) in [5, 5.41) is 2.57. The van der Waals surface area contributed by atoms with E-state index in [1.165, 1.54) is 4.90 Å². The standard InChI is InChI=1S/C15H16N4O2/c1-3-7-19(8-4-2)15(21)14(20)18-11-5-6-12-13(9-11)17-10-16-12/h3-6,9-10H,1-2,7-8H2,(H,16,17)(H,18,20). The van der Waals surface area contributed by atoms with Gasteiger partial charge >= 0.3 is 11.8 Å². The van der Waals surface area contributed by atoms with Crippen molar-refractivity contribution in [2.24, 2.45) is 0 Å². The average molecular weight is 284 g/mol. The molecule has 0 saturated heterocycles. The van der Waals surface area contributed by atoms with E-state index in [0.29, 0.717) is 5.69 Å². The van der Waals surface area contributed by atoms with E-state index in [2.05, 4.69) is 28.4 Å². The molecule has 2 rings (SSSR count). The summed E-state index contributed by atoms with van der Waals surface area (Å²) in [5.74, 6) is -1.32. The van der Waals surface area contributed by atoms with Crippen LogP contribution in [0.25, 0.3) is 11.0 Å². The number of fused-ring (bicyclic) bond motifs is 1. The molecule has 2 aromatic rings. The van der Waals surface area contributed by atoms with Crippen molar-refractivity contribution in [3.63, 3.8) is 0 Å². The Kier molecular flexibility index (Phi) is 4.50. The highest BCUT2D eigenvalue weighted by Crippen LogP contribution is 2.15. The zero-order chi connectivity index (χ0) is 15.2. The van der Waals surface area contributed by atoms with E-state index >= 15 is 0 Å². The fourth-order valence-corrected chi connectivity index (χ4v) is 1.89. The topological polar surface area (TPSA) is 78.1 Å². The molecule has 0 aliphatic rings. The minimum Gasteiger partial charge on any atom is -0.345 e. The van der Waals surface area contributed by atoms with Crippen LogP contribution in [0.15, 0.2) is 49.8 Å². The summed E-state index contributed by atoms with van der Waals surface area (Å²) < 4.78 is 0. The summed E-state index contributed by atoms with van der Waals surface area (Å²) in [6, 6.07) is 5.18. The van der Waals surface area contributed by atoms with Crippen molar-refractivity contribution in [3.8, 4) is 0 Å². The number of nitrogens with zero attached hydrogens (tertiary/aromatic N) is 2. The van der Waals surface area contributed by atoms with Gasteiger partial charge in [-0.15, -0.1) is 13.2 Å². The van der Waals surface area contributed by atoms with Crippen molar-refractivity contribution in [2.75, 3.05) is 18.4 Å². The van der Waals surface area contributed by atoms with Crippen LogP contribution < -0.4 is 5.32 Å². The number of carbonyl (C=O) groups excluding carboxylic acids is 2. The van der Waals surface area contributed by atoms with Crippen LogP contribution in [0, 0.1) is 0 Å². The fraction of sp³-hybridized carbons (Fsp3) is 0.133. The van der Waals surface area contributed by atoms with Crippen LogP contribution in [0.2, 0.25) is 0 Å². The van der Waals surface area contributed by atoms with Gasteiger partial charge in [0.15, 0.2) is 0 Å². The summed E-state index contributed by atoms with van der Waals surface area (Å²) in [6.45, 7) is 7.71. The number of hydrogen-bond acceptors (Lipinski definition) is 3. The van der Waals surface area contributed by atoms with Crippen LogP contribution in [0.3, 0.4) is 0 Å². The largest absolute Gasteiger partial charge is 0.345 e. The number of aromatic nitrogens is 2. The van der Waals surface area contributed by atoms with E-state index in [9.17, 15) is 9.59 Å². The van der Waals surface area contributed by atoms with Crippen molar-refractivity contribution in [1.82, 2.24) is 14.9 Å². The number of carbonyl (C=O) groups is 2. The Hall–Kier alpha value is -2.89. The highest BCUT2D eigenvalue weighted by molar-refractivity contribution is 6.39. The molecule has 0 fully saturated rings. The van der Waals surface area contributed by atoms with Gasteiger partial charge in [-0.25, -0.2) is 4.98 Å². The van der Waals surface area contributed by atoms with Crippen molar-refractivity contribution in [3.05, 3.63) is 49.8 Å². The van der Waals surface area contributed by atoms with Crippen LogP contribution in [0.5, 0.6) is 0 Å². The zero-order valence-corrected chi connectivity index (χ0v) is 11.5. The molecule has 0 aliphatic heterocycles. The quantitative estimate of drug-likeness (QED) is 0.648. The van der Waals surface area contributed by atoms with Gasteiger partial charge in [0.2, 0.25) is 0 Å². The number of imidazole rings is 1. The molecular weight excluding hydrogens is 268 g/mol. The van der Waals surface area contributed by atoms with E-state index < -0.39 is 11.8 Å². The molecule has 6 heteroatoms. The highest BCUT2D eigenvalue weighted by Gasteiger charge is 2.20. The summed E-state index contributed by atoms with van der Waals surface area (Å²) in [5.41, 5.74) is 2.11. The third kappa shape index (κ3) is 3.36. The molecule has 0 bridgehead atoms. The van der Waals surface area contributed by atoms with Crippen LogP contribution in [-0.2, 0) is 9.59 Å². The SMILES string of the molecule is C=CCN(CC=C)C(=O)C(=O)Nc1ccc2nc[nH]c2c1. The van der Waals surface area contributed by atoms with E-state index in [1.54, 1.807) is 36.7 Å². The van der Waals surface area contributed by atoms with E-state index in [-0.39, 0.29) is 13.1 Å². The van der Waals surface area contributed by atoms with Crippen LogP contribution >= 0.6 is 0 Å². The van der Waals surface area contributed by atoms with E-state index in [4.69, 9.17) is 0 Å². The number of rotatable bonds is 5. The number of amides is 2. The third-order valence-electron chi connectivity index (χ3n) is 2.86. The van der Waals surface area contributed by atoms with Gasteiger partial charge in [0, 0.05) is 18.8 Å². The van der Waals surface area contributed by atoms with E-state index in [0.717, 1.165) is 11.0 Å². The predicted molar refractivity (Wildman–Crippen MR) is 81.7 cm³/mol. The lowest BCUT2D eigenvalue weighted by atomic mass is 10.2. The lowest BCUT2D eigenvalue weighted by Crippen LogP contribution is -2.39. The average Bonchev–Trinajstić information content (AvgIpc) is 2.93. The fourth-order valence-electron chi connectivity index (χ4n) is 1.89. The summed E-state index contributed by atoms with van der Waals surface area (Å²) >= 11 is 0. The molecule has 0 radical (unpaired) electrons. The number of hydrogen-bond donors (Lipinski definition) is 2. The first-order chi connectivity index (χ1) is 10.2. The van der Waals surface area contributed by atoms with Gasteiger partial charge in [-0.2, -0.15) is 0 Å². The molecule has 0 aliphatic carbocycles. The molecule has 21 heavy (non-hydrogen) atoms. The number of benzene rings is 1. The Labute approximate surface area is 122 Å². The smallest absolute Gasteiger partial charge is 0.313 e. The Bertz CT molecular complexity index is 680. The van der Waals surface area contributed by atoms with Gasteiger partial charge in [0.25, 0.3) is 0 Å². The maximum Gasteiger partial charge on any atom is 0.313 e. The molecule has 1 heterocycles. The van der Waals surface area contributed by atoms with Gasteiger partial charge < -0.3 is 15.2 Å². The lowest BCUT2D eigenvalue weighted by molar-refractivity contribution is -0.142. The maximum atomic E-state index is 12.0. The van der Waals surface area contributed by atoms with Crippen LogP contribution in [0.4, 0.5) is 5.69 Å². The van der Waals surface area contributed by atoms with Crippen LogP contribution in [0.1, 0.15) is 0 Å². The van der Waals surface area contributed by atoms with Crippen molar-refractivity contribution >= 4 is 28.5 Å². The van der Waals surface area contributed by atoms with E-state index in [1.807, 2.05) is 0 Å². The second-order valence-electron chi connectivity index (χ2n) is 4.38. The Morgan fingerprint density at radius 3 is 2.67 bits per heavy atom. The summed E-state index contributed by atoms with van der Waals surface area (Å²) in [6.07, 6.45) is 4.69. The van der Waals surface area contributed by atoms with Gasteiger partial charge in [-0.3, -0.25) is 9.59 Å². The first kappa shape index (κ1) is 14.5. The highest BCUT2D eigenvalue weighted by atomic mass is 16.2. The Morgan fingerprint density at radius 2 is 2.00 bits per heavy atom. The molecule has 2 N–H and O–H groups in total. The monoisotopic (exact) mass is 284 g/mol. The molecule has 0 spiro atoms. The first-order valence-electron chi connectivity index (χ1n) is 6.41. The van der Waals surface area contributed by atoms with Gasteiger partial charge in [-0.1, -0.05) is 12.2 Å². The number of H-pyrrole nitrogens is 1. The molecular formula is C15H16N4O2. The van der Waals surface area contributed by atoms with Crippen LogP contribution in [-0.4, -0.2) is 39.8 Å². The number of aromatic amines is 1. The molecule has 0 saturated carbocycles. The van der Waals surface area contributed by atoms with Gasteiger partial charge in [-0.05, 0) is 18.2 Å². The summed E-state index contributed by atoms with van der Waals surface area (Å²) in [4.78, 5) is 32.4. The Balaban J connectivity index is 2.09. The normalized spacial score (nSPS) is 10.1. The lowest BCUT2D eigenvalue weighted by Gasteiger charge is -2.18. The second kappa shape index (κ2) is 6.51. The van der Waals surface area contributed by atoms with Gasteiger partial charge in [0.05, 0.1) is 17.4 Å². The summed E-state index contributed by atoms with van der Waals surface area (Å²) in [7, 11) is 0. The maximum absolute atomic E-state index is 12.0. The molecule has 108 valence electrons. The predicted octanol–water partition coefficient (Wildman–Crippen LogP) is 1.70. The minimum absolute atomic E-state index is 0.290. The zero-order valence-electron chi connectivity index (χ0n) is 11.5. The molecule has 6 nitrogen and oxygen atoms in total. The molecule has 1 aromatic carbocycles. The number of nitrogens with one attached hydrogen (secondary N) is 2. The van der Waals surface area contributed by atoms with Gasteiger partial charge in [0.1, 0.15) is 0 Å². The Morgan fingerprint density at radius 1 is 1.29 bits per heavy atom. The third-order valence-corrected chi connectivity index (χ3v) is 2.86. The molecule has 0 atom stereocenters. The van der Waals surface area contributed by atoms with Crippen molar-refractivity contribution in [2.45, 2.75) is 0 Å². The first-order valence-corrected chi connectivity index (χ1v) is 6.41. The molecule has 1 aromatic heterocycles. The molecule has 0 unspecified atom stereocenters. The number of anilines is 1. The van der Waals surface area contributed by atoms with Crippen molar-refractivity contribution in [1.29, 1.82) is 0 Å². The minimum atomic E-state index is -0.697. The van der Waals surface area contributed by atoms with Crippen molar-refractivity contribution < 1.29 is 9.59 Å².